The van der Waals surface area contributed by atoms with Crippen molar-refractivity contribution in [1.29, 1.82) is 0 Å². The molecular weight excluding hydrogens is 247 g/mol. The van der Waals surface area contributed by atoms with E-state index in [0.717, 1.165) is 11.3 Å². The molecule has 0 radical (unpaired) electrons. The lowest BCUT2D eigenvalue weighted by Crippen LogP contribution is -2.40. The zero-order valence-electron chi connectivity index (χ0n) is 11.3. The number of carbonyl (C=O) groups excluding carboxylic acids is 2. The van der Waals surface area contributed by atoms with Gasteiger partial charge < -0.3 is 0 Å². The molecule has 0 saturated carbocycles. The fourth-order valence-corrected chi connectivity index (χ4v) is 2.40. The minimum absolute atomic E-state index is 0.145. The van der Waals surface area contributed by atoms with Gasteiger partial charge in [-0.3, -0.25) is 19.9 Å². The number of halogens is 1. The Morgan fingerprint density at radius 2 is 2.11 bits per heavy atom. The first-order valence-corrected chi connectivity index (χ1v) is 6.40. The van der Waals surface area contributed by atoms with Gasteiger partial charge in [0, 0.05) is 12.1 Å². The van der Waals surface area contributed by atoms with Crippen LogP contribution in [-0.4, -0.2) is 16.8 Å². The Kier molecular flexibility index (Phi) is 3.64. The van der Waals surface area contributed by atoms with Gasteiger partial charge in [0.05, 0.1) is 11.6 Å². The summed E-state index contributed by atoms with van der Waals surface area (Å²) in [5, 5.41) is 2.23. The average molecular weight is 264 g/mol. The summed E-state index contributed by atoms with van der Waals surface area (Å²) in [5.41, 5.74) is 1.72. The molecule has 1 saturated heterocycles. The summed E-state index contributed by atoms with van der Waals surface area (Å²) < 4.78 is 14.1. The van der Waals surface area contributed by atoms with Gasteiger partial charge in [-0.25, -0.2) is 4.39 Å². The van der Waals surface area contributed by atoms with Gasteiger partial charge in [-0.1, -0.05) is 13.8 Å². The van der Waals surface area contributed by atoms with Crippen LogP contribution in [0.1, 0.15) is 55.5 Å². The monoisotopic (exact) mass is 264 g/mol. The first-order chi connectivity index (χ1) is 8.90. The van der Waals surface area contributed by atoms with Crippen molar-refractivity contribution in [3.63, 3.8) is 0 Å². The molecule has 0 spiro atoms. The van der Waals surface area contributed by atoms with E-state index < -0.39 is 17.6 Å². The van der Waals surface area contributed by atoms with E-state index in [1.807, 2.05) is 20.8 Å². The molecule has 1 aromatic heterocycles. The van der Waals surface area contributed by atoms with Crippen LogP contribution in [0.5, 0.6) is 0 Å². The zero-order chi connectivity index (χ0) is 14.2. The summed E-state index contributed by atoms with van der Waals surface area (Å²) in [6.07, 6.45) is 0.539. The van der Waals surface area contributed by atoms with Gasteiger partial charge in [-0.2, -0.15) is 0 Å². The number of imide groups is 1. The van der Waals surface area contributed by atoms with E-state index in [-0.39, 0.29) is 23.9 Å². The van der Waals surface area contributed by atoms with Crippen LogP contribution in [0.4, 0.5) is 4.39 Å². The molecule has 5 heteroatoms. The fraction of sp³-hybridized carbons (Fsp3) is 0.500. The Bertz CT molecular complexity index is 540. The quantitative estimate of drug-likeness (QED) is 0.833. The van der Waals surface area contributed by atoms with Crippen LogP contribution in [0.25, 0.3) is 0 Å². The smallest absolute Gasteiger partial charge is 0.235 e. The molecule has 4 nitrogen and oxygen atoms in total. The van der Waals surface area contributed by atoms with Crippen molar-refractivity contribution in [3.05, 3.63) is 28.8 Å². The van der Waals surface area contributed by atoms with Gasteiger partial charge in [0.15, 0.2) is 0 Å². The third-order valence-corrected chi connectivity index (χ3v) is 3.42. The number of carbonyl (C=O) groups is 2. The van der Waals surface area contributed by atoms with E-state index in [2.05, 4.69) is 10.3 Å². The fourth-order valence-electron chi connectivity index (χ4n) is 2.40. The van der Waals surface area contributed by atoms with Crippen molar-refractivity contribution < 1.29 is 14.0 Å². The number of aromatic nitrogens is 1. The van der Waals surface area contributed by atoms with Gasteiger partial charge in [0.25, 0.3) is 0 Å². The largest absolute Gasteiger partial charge is 0.296 e. The Morgan fingerprint density at radius 3 is 2.68 bits per heavy atom. The molecule has 2 rings (SSSR count). The van der Waals surface area contributed by atoms with E-state index in [4.69, 9.17) is 0 Å². The average Bonchev–Trinajstić information content (AvgIpc) is 2.32. The van der Waals surface area contributed by atoms with Crippen LogP contribution in [0.3, 0.4) is 0 Å². The summed E-state index contributed by atoms with van der Waals surface area (Å²) in [4.78, 5) is 27.1. The molecule has 102 valence electrons. The second kappa shape index (κ2) is 5.07. The number of hydrogen-bond donors (Lipinski definition) is 1. The van der Waals surface area contributed by atoms with Crippen LogP contribution in [0.15, 0.2) is 6.07 Å². The topological polar surface area (TPSA) is 59.1 Å². The standard InChI is InChI=1S/C14H17FN2O2/c1-7(2)10-6-11(15)13(16-8(10)3)9-4-5-12(18)17-14(9)19/h6-7,9H,4-5H2,1-3H3,(H,17,18,19)/t9-/m1/s1. The van der Waals surface area contributed by atoms with Crippen molar-refractivity contribution in [2.45, 2.75) is 45.4 Å². The molecule has 19 heavy (non-hydrogen) atoms. The highest BCUT2D eigenvalue weighted by atomic mass is 19.1. The maximum absolute atomic E-state index is 14.1. The molecule has 1 aliphatic heterocycles. The number of aryl methyl sites for hydroxylation is 1. The van der Waals surface area contributed by atoms with Gasteiger partial charge in [0.1, 0.15) is 5.82 Å². The predicted molar refractivity (Wildman–Crippen MR) is 68.1 cm³/mol. The molecule has 0 aliphatic carbocycles. The number of nitrogens with zero attached hydrogens (tertiary/aromatic N) is 1. The summed E-state index contributed by atoms with van der Waals surface area (Å²) >= 11 is 0. The minimum atomic E-state index is -0.669. The first kappa shape index (κ1) is 13.6. The number of rotatable bonds is 2. The number of piperidine rings is 1. The molecule has 0 unspecified atom stereocenters. The molecule has 1 atom stereocenters. The minimum Gasteiger partial charge on any atom is -0.296 e. The highest BCUT2D eigenvalue weighted by molar-refractivity contribution is 6.00. The first-order valence-electron chi connectivity index (χ1n) is 6.40. The van der Waals surface area contributed by atoms with Crippen molar-refractivity contribution in [2.24, 2.45) is 0 Å². The Morgan fingerprint density at radius 1 is 1.42 bits per heavy atom. The normalized spacial score (nSPS) is 19.7. The maximum Gasteiger partial charge on any atom is 0.235 e. The molecule has 1 aliphatic rings. The molecule has 1 fully saturated rings. The van der Waals surface area contributed by atoms with E-state index in [1.165, 1.54) is 6.07 Å². The molecule has 0 bridgehead atoms. The lowest BCUT2D eigenvalue weighted by molar-refractivity contribution is -0.134. The van der Waals surface area contributed by atoms with Gasteiger partial charge in [0.2, 0.25) is 11.8 Å². The summed E-state index contributed by atoms with van der Waals surface area (Å²) in [5.74, 6) is -1.73. The van der Waals surface area contributed by atoms with E-state index >= 15 is 0 Å². The highest BCUT2D eigenvalue weighted by Gasteiger charge is 2.31. The van der Waals surface area contributed by atoms with Crippen molar-refractivity contribution in [2.75, 3.05) is 0 Å². The molecule has 1 aromatic rings. The Balaban J connectivity index is 2.38. The molecule has 2 heterocycles. The second-order valence-electron chi connectivity index (χ2n) is 5.19. The lowest BCUT2D eigenvalue weighted by atomic mass is 9.92. The van der Waals surface area contributed by atoms with Crippen LogP contribution in [-0.2, 0) is 9.59 Å². The Labute approximate surface area is 111 Å². The number of hydrogen-bond acceptors (Lipinski definition) is 3. The van der Waals surface area contributed by atoms with Crippen molar-refractivity contribution in [1.82, 2.24) is 10.3 Å². The number of pyridine rings is 1. The van der Waals surface area contributed by atoms with Gasteiger partial charge in [-0.05, 0) is 30.9 Å². The summed E-state index contributed by atoms with van der Waals surface area (Å²) in [7, 11) is 0. The summed E-state index contributed by atoms with van der Waals surface area (Å²) in [6.45, 7) is 5.74. The molecular formula is C14H17FN2O2. The second-order valence-corrected chi connectivity index (χ2v) is 5.19. The molecule has 2 amide bonds. The van der Waals surface area contributed by atoms with Crippen molar-refractivity contribution >= 4 is 11.8 Å². The zero-order valence-corrected chi connectivity index (χ0v) is 11.3. The Hall–Kier alpha value is -1.78. The third-order valence-electron chi connectivity index (χ3n) is 3.42. The SMILES string of the molecule is Cc1nc([C@H]2CCC(=O)NC2=O)c(F)cc1C(C)C. The van der Waals surface area contributed by atoms with Crippen LogP contribution < -0.4 is 5.32 Å². The maximum atomic E-state index is 14.1. The summed E-state index contributed by atoms with van der Waals surface area (Å²) in [6, 6.07) is 1.45. The third kappa shape index (κ3) is 2.64. The predicted octanol–water partition coefficient (Wildman–Crippen LogP) is 2.17. The van der Waals surface area contributed by atoms with Gasteiger partial charge >= 0.3 is 0 Å². The van der Waals surface area contributed by atoms with Gasteiger partial charge in [-0.15, -0.1) is 0 Å². The highest BCUT2D eigenvalue weighted by Crippen LogP contribution is 2.28. The van der Waals surface area contributed by atoms with E-state index in [9.17, 15) is 14.0 Å². The molecule has 1 N–H and O–H groups in total. The van der Waals surface area contributed by atoms with Crippen LogP contribution in [0.2, 0.25) is 0 Å². The van der Waals surface area contributed by atoms with Crippen LogP contribution >= 0.6 is 0 Å². The number of nitrogens with one attached hydrogen (secondary N) is 1. The number of amides is 2. The van der Waals surface area contributed by atoms with Crippen molar-refractivity contribution in [3.8, 4) is 0 Å². The molecule has 0 aromatic carbocycles. The lowest BCUT2D eigenvalue weighted by Gasteiger charge is -2.22. The van der Waals surface area contributed by atoms with Crippen LogP contribution in [0, 0.1) is 12.7 Å². The van der Waals surface area contributed by atoms with E-state index in [0.29, 0.717) is 6.42 Å². The van der Waals surface area contributed by atoms with E-state index in [1.54, 1.807) is 0 Å².